The van der Waals surface area contributed by atoms with Gasteiger partial charge in [-0.15, -0.1) is 11.3 Å². The van der Waals surface area contributed by atoms with E-state index in [2.05, 4.69) is 258 Å². The van der Waals surface area contributed by atoms with Gasteiger partial charge in [-0.2, -0.15) is 0 Å². The normalized spacial score (nSPS) is 13.3. The average molecular weight is 917 g/mol. The van der Waals surface area contributed by atoms with E-state index in [0.717, 1.165) is 68.2 Å². The van der Waals surface area contributed by atoms with Gasteiger partial charge in [0.2, 0.25) is 0 Å². The molecule has 1 aliphatic carbocycles. The maximum Gasteiger partial charge on any atom is 0.156 e. The van der Waals surface area contributed by atoms with E-state index in [-0.39, 0.29) is 11.2 Å². The van der Waals surface area contributed by atoms with Gasteiger partial charge in [-0.05, 0) is 161 Å². The zero-order valence-electron chi connectivity index (χ0n) is 39.7. The molecule has 2 heterocycles. The number of fused-ring (bicyclic) bond motifs is 12. The van der Waals surface area contributed by atoms with Crippen molar-refractivity contribution in [3.8, 4) is 34.1 Å². The number of hydrogen-bond acceptors (Lipinski definition) is 6. The molecule has 0 unspecified atom stereocenters. The minimum absolute atomic E-state index is 0.307. The first-order chi connectivity index (χ1) is 33.4. The molecule has 1 aliphatic heterocycles. The molecule has 0 radical (unpaired) electrons. The Morgan fingerprint density at radius 1 is 0.420 bits per heavy atom. The monoisotopic (exact) mass is 916 g/mol. The Balaban J connectivity index is 1.03. The van der Waals surface area contributed by atoms with Gasteiger partial charge in [0.05, 0.1) is 21.5 Å². The topological polar surface area (TPSA) is 34.2 Å². The Morgan fingerprint density at radius 2 is 0.928 bits per heavy atom. The van der Waals surface area contributed by atoms with Crippen molar-refractivity contribution in [3.05, 3.63) is 229 Å². The molecule has 10 aromatic rings. The molecule has 0 fully saturated rings. The summed E-state index contributed by atoms with van der Waals surface area (Å²) in [5, 5.41) is 2.37. The Hall–Kier alpha value is -7.80. The molecule has 0 saturated heterocycles. The highest BCUT2D eigenvalue weighted by molar-refractivity contribution is 7.26. The van der Waals surface area contributed by atoms with Crippen molar-refractivity contribution >= 4 is 65.6 Å². The highest BCUT2D eigenvalue weighted by Gasteiger charge is 2.51. The Morgan fingerprint density at radius 3 is 1.55 bits per heavy atom. The lowest BCUT2D eigenvalue weighted by molar-refractivity contribution is 0.130. The second-order valence-corrected chi connectivity index (χ2v) is 21.0. The van der Waals surface area contributed by atoms with Crippen molar-refractivity contribution in [1.82, 2.24) is 0 Å². The smallest absolute Gasteiger partial charge is 0.156 e. The molecule has 6 heteroatoms. The van der Waals surface area contributed by atoms with Gasteiger partial charge < -0.3 is 24.0 Å². The van der Waals surface area contributed by atoms with Crippen LogP contribution in [0.2, 0.25) is 0 Å². The number of thiophene rings is 1. The molecule has 0 atom stereocenters. The Labute approximate surface area is 408 Å². The molecule has 5 nitrogen and oxygen atoms in total. The second-order valence-electron chi connectivity index (χ2n) is 20.0. The van der Waals surface area contributed by atoms with Crippen LogP contribution < -0.4 is 24.0 Å². The van der Waals surface area contributed by atoms with E-state index in [1.165, 1.54) is 42.4 Å². The van der Waals surface area contributed by atoms with Gasteiger partial charge in [-0.25, -0.2) is 0 Å². The molecule has 338 valence electrons. The molecule has 12 rings (SSSR count). The van der Waals surface area contributed by atoms with E-state index in [1.807, 2.05) is 11.3 Å². The summed E-state index contributed by atoms with van der Waals surface area (Å²) in [6.45, 7) is 12.4. The van der Waals surface area contributed by atoms with Crippen molar-refractivity contribution in [2.24, 2.45) is 0 Å². The van der Waals surface area contributed by atoms with Gasteiger partial charge in [-0.1, -0.05) is 109 Å². The predicted octanol–water partition coefficient (Wildman–Crippen LogP) is 17.8. The van der Waals surface area contributed by atoms with Crippen LogP contribution in [0.1, 0.15) is 63.8 Å². The van der Waals surface area contributed by atoms with Crippen LogP contribution in [0.15, 0.2) is 206 Å². The molecule has 1 spiro atoms. The zero-order valence-corrected chi connectivity index (χ0v) is 40.5. The SMILES string of the molecule is CC(C)(C)Oc1ccc(N(c2ccc(OC(C)(C)C)cc2)c2ccc3sc4c(N(c5ccccc5)c5cccc6c5Oc5ccccc5C65c6ccccc6-c6ccccc65)cccc4c3c2)cc1. The third-order valence-corrected chi connectivity index (χ3v) is 14.3. The van der Waals surface area contributed by atoms with Crippen LogP contribution in [0.5, 0.6) is 23.0 Å². The summed E-state index contributed by atoms with van der Waals surface area (Å²) in [5.41, 5.74) is 12.3. The van der Waals surface area contributed by atoms with Gasteiger partial charge >= 0.3 is 0 Å². The van der Waals surface area contributed by atoms with Gasteiger partial charge in [0.15, 0.2) is 5.75 Å². The highest BCUT2D eigenvalue weighted by atomic mass is 32.1. The zero-order chi connectivity index (χ0) is 47.1. The first-order valence-electron chi connectivity index (χ1n) is 23.7. The van der Waals surface area contributed by atoms with Crippen molar-refractivity contribution in [2.45, 2.75) is 58.2 Å². The largest absolute Gasteiger partial charge is 0.488 e. The summed E-state index contributed by atoms with van der Waals surface area (Å²) < 4.78 is 22.1. The minimum atomic E-state index is -0.582. The van der Waals surface area contributed by atoms with E-state index >= 15 is 0 Å². The van der Waals surface area contributed by atoms with Crippen molar-refractivity contribution in [2.75, 3.05) is 9.80 Å². The van der Waals surface area contributed by atoms with E-state index in [4.69, 9.17) is 14.2 Å². The van der Waals surface area contributed by atoms with E-state index in [9.17, 15) is 0 Å². The van der Waals surface area contributed by atoms with Crippen molar-refractivity contribution in [1.29, 1.82) is 0 Å². The van der Waals surface area contributed by atoms with Gasteiger partial charge in [0.25, 0.3) is 0 Å². The first-order valence-corrected chi connectivity index (χ1v) is 24.6. The lowest BCUT2D eigenvalue weighted by Gasteiger charge is -2.41. The fraction of sp³-hybridized carbons (Fsp3) is 0.143. The molecule has 0 bridgehead atoms. The van der Waals surface area contributed by atoms with Crippen LogP contribution in [0.4, 0.5) is 34.1 Å². The maximum atomic E-state index is 7.25. The number of para-hydroxylation sites is 3. The molecule has 0 N–H and O–H groups in total. The molecular formula is C63H52N2O3S. The highest BCUT2D eigenvalue weighted by Crippen LogP contribution is 2.64. The summed E-state index contributed by atoms with van der Waals surface area (Å²) in [5.74, 6) is 3.37. The van der Waals surface area contributed by atoms with Gasteiger partial charge in [0, 0.05) is 49.3 Å². The Kier molecular flexibility index (Phi) is 9.98. The van der Waals surface area contributed by atoms with Crippen LogP contribution in [0, 0.1) is 0 Å². The van der Waals surface area contributed by atoms with Crippen molar-refractivity contribution < 1.29 is 14.2 Å². The van der Waals surface area contributed by atoms with Gasteiger partial charge in [-0.3, -0.25) is 0 Å². The number of rotatable bonds is 8. The third kappa shape index (κ3) is 7.21. The molecule has 2 aliphatic rings. The van der Waals surface area contributed by atoms with Crippen LogP contribution in [-0.2, 0) is 5.41 Å². The fourth-order valence-electron chi connectivity index (χ4n) is 10.6. The molecular weight excluding hydrogens is 865 g/mol. The lowest BCUT2D eigenvalue weighted by Crippen LogP contribution is -2.32. The summed E-state index contributed by atoms with van der Waals surface area (Å²) in [6.07, 6.45) is 0. The standard InChI is InChI=1S/C63H52N2O3S/c1-61(2,3)67-45-35-30-42(31-36-45)64(43-32-37-46(38-33-43)68-62(4,5)6)44-34-39-58-50(40-44)49-22-16-28-56(60(49)69-58)65(41-18-8-7-9-19-41)55-27-17-26-54-59(55)66-57-29-15-14-25-53(57)63(54)51-23-12-10-20-47(51)48-21-11-13-24-52(48)63/h7-40H,1-6H3. The van der Waals surface area contributed by atoms with E-state index in [1.54, 1.807) is 0 Å². The number of anilines is 6. The maximum absolute atomic E-state index is 7.25. The van der Waals surface area contributed by atoms with Crippen molar-refractivity contribution in [3.63, 3.8) is 0 Å². The minimum Gasteiger partial charge on any atom is -0.488 e. The van der Waals surface area contributed by atoms with Crippen LogP contribution in [-0.4, -0.2) is 11.2 Å². The number of hydrogen-bond donors (Lipinski definition) is 0. The molecule has 9 aromatic carbocycles. The number of ether oxygens (including phenoxy) is 3. The van der Waals surface area contributed by atoms with Crippen LogP contribution in [0.3, 0.4) is 0 Å². The Bertz CT molecular complexity index is 3460. The summed E-state index contributed by atoms with van der Waals surface area (Å²) in [4.78, 5) is 4.71. The number of benzene rings is 9. The number of nitrogens with zero attached hydrogens (tertiary/aromatic N) is 2. The molecule has 69 heavy (non-hydrogen) atoms. The summed E-state index contributed by atoms with van der Waals surface area (Å²) in [7, 11) is 0. The molecule has 1 aromatic heterocycles. The quantitative estimate of drug-likeness (QED) is 0.152. The second kappa shape index (κ2) is 16.2. The van der Waals surface area contributed by atoms with E-state index < -0.39 is 5.41 Å². The first kappa shape index (κ1) is 42.5. The van der Waals surface area contributed by atoms with E-state index in [0.29, 0.717) is 0 Å². The average Bonchev–Trinajstić information content (AvgIpc) is 3.87. The fourth-order valence-corrected chi connectivity index (χ4v) is 11.8. The predicted molar refractivity (Wildman–Crippen MR) is 287 cm³/mol. The summed E-state index contributed by atoms with van der Waals surface area (Å²) >= 11 is 1.82. The molecule has 0 saturated carbocycles. The third-order valence-electron chi connectivity index (χ3n) is 13.1. The molecule has 0 amide bonds. The van der Waals surface area contributed by atoms with Crippen LogP contribution in [0.25, 0.3) is 31.3 Å². The van der Waals surface area contributed by atoms with Gasteiger partial charge in [0.1, 0.15) is 28.5 Å². The van der Waals surface area contributed by atoms with Crippen LogP contribution >= 0.6 is 11.3 Å². The summed E-state index contributed by atoms with van der Waals surface area (Å²) in [6, 6.07) is 74.2. The lowest BCUT2D eigenvalue weighted by atomic mass is 9.66.